The molecule has 1 aromatic heterocycles. The second-order valence-electron chi connectivity index (χ2n) is 9.28. The van der Waals surface area contributed by atoms with Crippen molar-refractivity contribution in [2.75, 3.05) is 0 Å². The number of rotatable bonds is 12. The van der Waals surface area contributed by atoms with Crippen LogP contribution in [0.2, 0.25) is 0 Å². The van der Waals surface area contributed by atoms with Crippen LogP contribution in [0.15, 0.2) is 53.5 Å². The predicted molar refractivity (Wildman–Crippen MR) is 161 cm³/mol. The van der Waals surface area contributed by atoms with E-state index in [0.717, 1.165) is 11.0 Å². The molecular formula is C32H56NP. The van der Waals surface area contributed by atoms with Gasteiger partial charge >= 0.3 is 0 Å². The van der Waals surface area contributed by atoms with Crippen LogP contribution in [0.4, 0.5) is 0 Å². The highest BCUT2D eigenvalue weighted by molar-refractivity contribution is 7.29. The Morgan fingerprint density at radius 2 is 1.62 bits per heavy atom. The van der Waals surface area contributed by atoms with Crippen LogP contribution in [-0.2, 0) is 0 Å². The second kappa shape index (κ2) is 20.9. The van der Waals surface area contributed by atoms with Gasteiger partial charge in [-0.25, -0.2) is 0 Å². The molecule has 0 aromatic carbocycles. The summed E-state index contributed by atoms with van der Waals surface area (Å²) in [6.45, 7) is 27.9. The number of hydrogen-bond donors (Lipinski definition) is 0. The Kier molecular flexibility index (Phi) is 21.3. The summed E-state index contributed by atoms with van der Waals surface area (Å²) >= 11 is 0. The molecule has 0 bridgehead atoms. The summed E-state index contributed by atoms with van der Waals surface area (Å²) in [6.07, 6.45) is 19.5. The van der Waals surface area contributed by atoms with Crippen molar-refractivity contribution in [2.45, 2.75) is 128 Å². The van der Waals surface area contributed by atoms with E-state index in [9.17, 15) is 0 Å². The van der Waals surface area contributed by atoms with Crippen LogP contribution in [-0.4, -0.2) is 4.98 Å². The third-order valence-electron chi connectivity index (χ3n) is 6.26. The third-order valence-corrected chi connectivity index (χ3v) is 7.16. The van der Waals surface area contributed by atoms with Gasteiger partial charge in [0.2, 0.25) is 0 Å². The van der Waals surface area contributed by atoms with E-state index in [-0.39, 0.29) is 0 Å². The van der Waals surface area contributed by atoms with Crippen molar-refractivity contribution in [3.8, 4) is 0 Å². The lowest BCUT2D eigenvalue weighted by molar-refractivity contribution is 0.244. The largest absolute Gasteiger partial charge is 0.256 e. The minimum absolute atomic E-state index is 0.644. The predicted octanol–water partition coefficient (Wildman–Crippen LogP) is 12.0. The molecule has 1 rings (SSSR count). The Hall–Kier alpha value is -1.46. The first-order valence-electron chi connectivity index (χ1n) is 13.6. The second-order valence-corrected chi connectivity index (χ2v) is 10.4. The van der Waals surface area contributed by atoms with E-state index in [1.165, 1.54) is 81.8 Å². The van der Waals surface area contributed by atoms with Gasteiger partial charge in [0.1, 0.15) is 0 Å². The van der Waals surface area contributed by atoms with Gasteiger partial charge in [-0.15, -0.1) is 0 Å². The summed E-state index contributed by atoms with van der Waals surface area (Å²) in [5.41, 5.74) is 7.70. The van der Waals surface area contributed by atoms with E-state index in [4.69, 9.17) is 0 Å². The lowest BCUT2D eigenvalue weighted by Crippen LogP contribution is -2.14. The molecular weight excluding hydrogens is 429 g/mol. The first kappa shape index (κ1) is 34.7. The van der Waals surface area contributed by atoms with Gasteiger partial charge in [0.25, 0.3) is 0 Å². The van der Waals surface area contributed by atoms with E-state index >= 15 is 0 Å². The Labute approximate surface area is 216 Å². The number of unbranched alkanes of at least 4 members (excludes halogenated alkanes) is 3. The molecule has 1 heterocycles. The van der Waals surface area contributed by atoms with Gasteiger partial charge in [-0.3, -0.25) is 4.98 Å². The van der Waals surface area contributed by atoms with Gasteiger partial charge in [0.05, 0.1) is 5.43 Å². The van der Waals surface area contributed by atoms with Crippen LogP contribution in [0.3, 0.4) is 0 Å². The molecule has 0 aliphatic heterocycles. The van der Waals surface area contributed by atoms with Gasteiger partial charge < -0.3 is 0 Å². The third kappa shape index (κ3) is 14.1. The first-order valence-corrected chi connectivity index (χ1v) is 14.6. The average molecular weight is 486 g/mol. The fourth-order valence-electron chi connectivity index (χ4n) is 3.98. The normalized spacial score (nSPS) is 14.0. The molecule has 0 saturated heterocycles. The van der Waals surface area contributed by atoms with Crippen molar-refractivity contribution in [3.63, 3.8) is 0 Å². The summed E-state index contributed by atoms with van der Waals surface area (Å²) in [4.78, 5) is 4.43. The van der Waals surface area contributed by atoms with Crippen molar-refractivity contribution in [2.24, 2.45) is 5.41 Å². The maximum Gasteiger partial charge on any atom is 0.0640 e. The standard InChI is InChI=1S/C17H22NP.C13H28.C2H6/c1-7-9-13(5)17(12(3)4)16(8-2)15-10-18-14(6)19-11-15;1-5-8-10-12-13(4,7-3)11-9-6-2;1-2/h7-11H,3H2,1-2,4-6H3;5-12H2,1-4H3;1-2H3/b9-7-,16-8-,17-13+;;. The van der Waals surface area contributed by atoms with Gasteiger partial charge in [0.15, 0.2) is 0 Å². The number of aromatic nitrogens is 1. The lowest BCUT2D eigenvalue weighted by atomic mass is 9.78. The number of allylic oxidation sites excluding steroid dienone is 7. The minimum atomic E-state index is 0.644. The van der Waals surface area contributed by atoms with Crippen molar-refractivity contribution in [1.82, 2.24) is 4.98 Å². The molecule has 194 valence electrons. The van der Waals surface area contributed by atoms with E-state index in [1.807, 2.05) is 33.9 Å². The van der Waals surface area contributed by atoms with Crippen LogP contribution >= 0.6 is 8.19 Å². The van der Waals surface area contributed by atoms with Gasteiger partial charge in [-0.2, -0.15) is 0 Å². The molecule has 0 radical (unpaired) electrons. The number of hydrogen-bond acceptors (Lipinski definition) is 1. The van der Waals surface area contributed by atoms with Crippen LogP contribution < -0.4 is 0 Å². The van der Waals surface area contributed by atoms with E-state index in [2.05, 4.69) is 84.1 Å². The highest BCUT2D eigenvalue weighted by Crippen LogP contribution is 2.34. The zero-order chi connectivity index (χ0) is 26.6. The van der Waals surface area contributed by atoms with Crippen LogP contribution in [0.1, 0.15) is 132 Å². The molecule has 0 spiro atoms. The lowest BCUT2D eigenvalue weighted by Gasteiger charge is -2.28. The molecule has 0 fully saturated rings. The maximum atomic E-state index is 4.43. The monoisotopic (exact) mass is 485 g/mol. The fraction of sp³-hybridized carbons (Fsp3) is 0.625. The quantitative estimate of drug-likeness (QED) is 0.212. The zero-order valence-electron chi connectivity index (χ0n) is 24.6. The Balaban J connectivity index is 0. The summed E-state index contributed by atoms with van der Waals surface area (Å²) in [7, 11) is 1.17. The van der Waals surface area contributed by atoms with Crippen LogP contribution in [0.25, 0.3) is 5.57 Å². The van der Waals surface area contributed by atoms with Crippen LogP contribution in [0, 0.1) is 12.3 Å². The topological polar surface area (TPSA) is 12.9 Å². The molecule has 1 aromatic rings. The Morgan fingerprint density at radius 1 is 1.03 bits per heavy atom. The molecule has 1 unspecified atom stereocenters. The minimum Gasteiger partial charge on any atom is -0.256 e. The highest BCUT2D eigenvalue weighted by atomic mass is 31.0. The van der Waals surface area contributed by atoms with Gasteiger partial charge in [-0.05, 0) is 75.4 Å². The summed E-state index contributed by atoms with van der Waals surface area (Å²) in [5.74, 6) is 2.21. The number of nitrogens with zero attached hydrogens (tertiary/aromatic N) is 1. The molecule has 1 atom stereocenters. The van der Waals surface area contributed by atoms with E-state index in [1.54, 1.807) is 0 Å². The van der Waals surface area contributed by atoms with Crippen molar-refractivity contribution >= 4 is 13.8 Å². The SMILES string of the molecule is C=C(C)C(/C(=C\C)c1cnc(C)pc1)=C(C)\C=C/C.CC.CCCCCC(C)(CC)CCCC. The fourth-order valence-corrected chi connectivity index (χ4v) is 4.64. The Morgan fingerprint density at radius 3 is 2.03 bits per heavy atom. The van der Waals surface area contributed by atoms with Crippen molar-refractivity contribution < 1.29 is 0 Å². The van der Waals surface area contributed by atoms with Crippen molar-refractivity contribution in [1.29, 1.82) is 0 Å². The van der Waals surface area contributed by atoms with Gasteiger partial charge in [-0.1, -0.05) is 119 Å². The first-order chi connectivity index (χ1) is 16.2. The van der Waals surface area contributed by atoms with E-state index < -0.39 is 0 Å². The van der Waals surface area contributed by atoms with E-state index in [0.29, 0.717) is 5.41 Å². The Bertz CT molecular complexity index is 752. The summed E-state index contributed by atoms with van der Waals surface area (Å²) in [5, 5.41) is 0. The average Bonchev–Trinajstić information content (AvgIpc) is 2.83. The van der Waals surface area contributed by atoms with Gasteiger partial charge in [0, 0.05) is 11.8 Å². The number of aryl methyl sites for hydroxylation is 1. The van der Waals surface area contributed by atoms with Crippen LogP contribution in [0.5, 0.6) is 0 Å². The molecule has 1 nitrogen and oxygen atoms in total. The maximum absolute atomic E-state index is 4.43. The van der Waals surface area contributed by atoms with Crippen molar-refractivity contribution in [3.05, 3.63) is 64.5 Å². The molecule has 0 aliphatic rings. The molecule has 0 amide bonds. The molecule has 0 aliphatic carbocycles. The summed E-state index contributed by atoms with van der Waals surface area (Å²) in [6, 6.07) is 0. The molecule has 2 heteroatoms. The smallest absolute Gasteiger partial charge is 0.0640 e. The molecule has 34 heavy (non-hydrogen) atoms. The zero-order valence-corrected chi connectivity index (χ0v) is 25.5. The highest BCUT2D eigenvalue weighted by Gasteiger charge is 2.20. The summed E-state index contributed by atoms with van der Waals surface area (Å²) < 4.78 is 0. The molecule has 0 N–H and O–H groups in total. The molecule has 0 saturated carbocycles.